The molecule has 0 amide bonds. The monoisotopic (exact) mass is 405 g/mol. The number of hydrogen-bond donors (Lipinski definition) is 2. The van der Waals surface area contributed by atoms with E-state index in [1.165, 1.54) is 24.5 Å². The highest BCUT2D eigenvalue weighted by molar-refractivity contribution is 7.92. The van der Waals surface area contributed by atoms with Gasteiger partial charge in [-0.15, -0.1) is 0 Å². The summed E-state index contributed by atoms with van der Waals surface area (Å²) >= 11 is 0. The molecule has 28 heavy (non-hydrogen) atoms. The Labute approximate surface area is 161 Å². The van der Waals surface area contributed by atoms with Crippen LogP contribution in [0.25, 0.3) is 11.0 Å². The molecule has 0 spiro atoms. The smallest absolute Gasteiger partial charge is 0.215 e. The first-order valence-electron chi connectivity index (χ1n) is 8.79. The summed E-state index contributed by atoms with van der Waals surface area (Å²) in [5.74, 6) is -0.388. The van der Waals surface area contributed by atoms with Crippen LogP contribution < -0.4 is 10.6 Å². The van der Waals surface area contributed by atoms with Crippen molar-refractivity contribution in [2.75, 3.05) is 30.3 Å². The van der Waals surface area contributed by atoms with E-state index in [-0.39, 0.29) is 22.3 Å². The van der Waals surface area contributed by atoms with E-state index in [2.05, 4.69) is 15.0 Å². The molecule has 3 N–H and O–H groups in total. The minimum Gasteiger partial charge on any atom is -0.384 e. The quantitative estimate of drug-likeness (QED) is 0.685. The lowest BCUT2D eigenvalue weighted by Crippen LogP contribution is -2.41. The highest BCUT2D eigenvalue weighted by Crippen LogP contribution is 2.36. The zero-order valence-corrected chi connectivity index (χ0v) is 16.3. The third kappa shape index (κ3) is 2.98. The van der Waals surface area contributed by atoms with Crippen LogP contribution in [0.5, 0.6) is 0 Å². The first kappa shape index (κ1) is 18.6. The highest BCUT2D eigenvalue weighted by atomic mass is 32.2. The number of ether oxygens (including phenoxy) is 1. The van der Waals surface area contributed by atoms with Crippen LogP contribution in [0.2, 0.25) is 0 Å². The second-order valence-corrected chi connectivity index (χ2v) is 8.71. The lowest BCUT2D eigenvalue weighted by molar-refractivity contribution is 0.0530. The number of nitrogens with two attached hydrogens (primary N) is 1. The number of morpholine rings is 1. The number of halogens is 1. The first-order chi connectivity index (χ1) is 13.3. The molecular formula is C18H20FN5O3S. The predicted octanol–water partition coefficient (Wildman–Crippen LogP) is 2.05. The molecular weight excluding hydrogens is 385 g/mol. The maximum atomic E-state index is 14.4. The minimum absolute atomic E-state index is 0.0101. The van der Waals surface area contributed by atoms with Crippen LogP contribution >= 0.6 is 0 Å². The van der Waals surface area contributed by atoms with Crippen LogP contribution in [0.4, 0.5) is 16.0 Å². The van der Waals surface area contributed by atoms with E-state index in [0.717, 1.165) is 0 Å². The van der Waals surface area contributed by atoms with Gasteiger partial charge in [0.1, 0.15) is 38.8 Å². The van der Waals surface area contributed by atoms with Crippen molar-refractivity contribution >= 4 is 32.5 Å². The number of aryl methyl sites for hydroxylation is 1. The van der Waals surface area contributed by atoms with E-state index in [0.29, 0.717) is 36.6 Å². The van der Waals surface area contributed by atoms with E-state index in [1.54, 1.807) is 6.92 Å². The van der Waals surface area contributed by atoms with Crippen molar-refractivity contribution in [1.29, 1.82) is 0 Å². The summed E-state index contributed by atoms with van der Waals surface area (Å²) in [7, 11) is -4.22. The number of sulfone groups is 1. The number of hydrogen-bond acceptors (Lipinski definition) is 7. The van der Waals surface area contributed by atoms with Crippen molar-refractivity contribution in [1.82, 2.24) is 15.0 Å². The maximum absolute atomic E-state index is 14.4. The molecule has 1 aromatic carbocycles. The largest absolute Gasteiger partial charge is 0.384 e. The molecule has 1 fully saturated rings. The molecule has 3 heterocycles. The van der Waals surface area contributed by atoms with Gasteiger partial charge in [-0.3, -0.25) is 0 Å². The van der Waals surface area contributed by atoms with Gasteiger partial charge < -0.3 is 20.4 Å². The van der Waals surface area contributed by atoms with Crippen molar-refractivity contribution in [3.8, 4) is 0 Å². The second-order valence-electron chi connectivity index (χ2n) is 6.85. The van der Waals surface area contributed by atoms with E-state index >= 15 is 0 Å². The molecule has 0 saturated carbocycles. The minimum atomic E-state index is -4.22. The Morgan fingerprint density at radius 1 is 1.36 bits per heavy atom. The summed E-state index contributed by atoms with van der Waals surface area (Å²) < 4.78 is 46.3. The molecule has 1 saturated heterocycles. The van der Waals surface area contributed by atoms with Crippen LogP contribution in [0, 0.1) is 12.7 Å². The summed E-state index contributed by atoms with van der Waals surface area (Å²) in [4.78, 5) is 12.6. The van der Waals surface area contributed by atoms with E-state index in [9.17, 15) is 12.8 Å². The van der Waals surface area contributed by atoms with E-state index in [1.807, 2.05) is 11.8 Å². The number of nitrogens with zero attached hydrogens (tertiary/aromatic N) is 3. The van der Waals surface area contributed by atoms with Crippen molar-refractivity contribution < 1.29 is 17.5 Å². The first-order valence-corrected chi connectivity index (χ1v) is 10.3. The Morgan fingerprint density at radius 2 is 2.14 bits per heavy atom. The van der Waals surface area contributed by atoms with Gasteiger partial charge in [0, 0.05) is 13.1 Å². The summed E-state index contributed by atoms with van der Waals surface area (Å²) in [6.45, 7) is 5.36. The normalized spacial score (nSPS) is 18.0. The SMILES string of the molecule is Cc1ccc(S(=O)(=O)c2c(N)[nH]c3c(N4CCOC(C)C4)ncnc23)c(F)c1. The van der Waals surface area contributed by atoms with Gasteiger partial charge in [0.15, 0.2) is 5.82 Å². The molecule has 148 valence electrons. The van der Waals surface area contributed by atoms with E-state index in [4.69, 9.17) is 10.5 Å². The van der Waals surface area contributed by atoms with Crippen LogP contribution in [0.3, 0.4) is 0 Å². The Hall–Kier alpha value is -2.72. The lowest BCUT2D eigenvalue weighted by atomic mass is 10.2. The van der Waals surface area contributed by atoms with Gasteiger partial charge in [-0.1, -0.05) is 6.07 Å². The van der Waals surface area contributed by atoms with Crippen molar-refractivity contribution in [2.45, 2.75) is 29.7 Å². The second kappa shape index (κ2) is 6.71. The Bertz CT molecular complexity index is 1160. The molecule has 4 rings (SSSR count). The molecule has 0 radical (unpaired) electrons. The number of aromatic amines is 1. The van der Waals surface area contributed by atoms with Gasteiger partial charge in [-0.05, 0) is 31.5 Å². The number of nitrogen functional groups attached to an aromatic ring is 1. The molecule has 1 aliphatic heterocycles. The van der Waals surface area contributed by atoms with Crippen LogP contribution in [0.15, 0.2) is 34.3 Å². The molecule has 1 atom stereocenters. The average Bonchev–Trinajstić information content (AvgIpc) is 2.97. The molecule has 3 aromatic rings. The Kier molecular flexibility index (Phi) is 4.47. The van der Waals surface area contributed by atoms with Gasteiger partial charge in [0.2, 0.25) is 9.84 Å². The van der Waals surface area contributed by atoms with Gasteiger partial charge in [0.25, 0.3) is 0 Å². The average molecular weight is 405 g/mol. The third-order valence-electron chi connectivity index (χ3n) is 4.73. The van der Waals surface area contributed by atoms with Crippen LogP contribution in [-0.2, 0) is 14.6 Å². The number of benzene rings is 1. The maximum Gasteiger partial charge on any atom is 0.215 e. The summed E-state index contributed by atoms with van der Waals surface area (Å²) in [5.41, 5.74) is 7.18. The van der Waals surface area contributed by atoms with Gasteiger partial charge >= 0.3 is 0 Å². The summed E-state index contributed by atoms with van der Waals surface area (Å²) in [5, 5.41) is 0. The number of aromatic nitrogens is 3. The van der Waals surface area contributed by atoms with Crippen LogP contribution in [0.1, 0.15) is 12.5 Å². The number of nitrogens with one attached hydrogen (secondary N) is 1. The van der Waals surface area contributed by atoms with Gasteiger partial charge in [-0.25, -0.2) is 22.8 Å². The van der Waals surface area contributed by atoms with Crippen molar-refractivity contribution in [3.05, 3.63) is 35.9 Å². The number of anilines is 2. The molecule has 0 bridgehead atoms. The third-order valence-corrected chi connectivity index (χ3v) is 6.59. The van der Waals surface area contributed by atoms with E-state index < -0.39 is 20.5 Å². The summed E-state index contributed by atoms with van der Waals surface area (Å²) in [6.07, 6.45) is 1.30. The predicted molar refractivity (Wildman–Crippen MR) is 103 cm³/mol. The fourth-order valence-corrected chi connectivity index (χ4v) is 4.97. The molecule has 8 nitrogen and oxygen atoms in total. The lowest BCUT2D eigenvalue weighted by Gasteiger charge is -2.32. The van der Waals surface area contributed by atoms with Crippen LogP contribution in [-0.4, -0.2) is 49.2 Å². The van der Waals surface area contributed by atoms with Crippen molar-refractivity contribution in [3.63, 3.8) is 0 Å². The zero-order chi connectivity index (χ0) is 20.1. The fourth-order valence-electron chi connectivity index (χ4n) is 3.44. The van der Waals surface area contributed by atoms with Gasteiger partial charge in [-0.2, -0.15) is 0 Å². The zero-order valence-electron chi connectivity index (χ0n) is 15.4. The molecule has 0 aliphatic carbocycles. The standard InChI is InChI=1S/C18H20FN5O3S/c1-10-3-4-13(12(19)7-10)28(25,26)16-14-15(23-17(16)20)18(22-9-21-14)24-5-6-27-11(2)8-24/h3-4,7,9,11,23H,5-6,8,20H2,1-2H3. The molecule has 1 aliphatic rings. The number of rotatable bonds is 3. The van der Waals surface area contributed by atoms with Crippen molar-refractivity contribution in [2.24, 2.45) is 0 Å². The molecule has 10 heteroatoms. The fraction of sp³-hybridized carbons (Fsp3) is 0.333. The van der Waals surface area contributed by atoms with Gasteiger partial charge in [0.05, 0.1) is 12.7 Å². The number of H-pyrrole nitrogens is 1. The molecule has 1 unspecified atom stereocenters. The summed E-state index contributed by atoms with van der Waals surface area (Å²) in [6, 6.07) is 3.95. The Balaban J connectivity index is 1.89. The molecule has 2 aromatic heterocycles. The number of fused-ring (bicyclic) bond motifs is 1. The topological polar surface area (TPSA) is 114 Å². The highest BCUT2D eigenvalue weighted by Gasteiger charge is 2.31. The Morgan fingerprint density at radius 3 is 2.86 bits per heavy atom.